The Bertz CT molecular complexity index is 791. The zero-order valence-electron chi connectivity index (χ0n) is 13.4. The summed E-state index contributed by atoms with van der Waals surface area (Å²) in [5.74, 6) is 1.80. The Hall–Kier alpha value is -1.67. The predicted molar refractivity (Wildman–Crippen MR) is 87.3 cm³/mol. The first-order chi connectivity index (χ1) is 11.6. The first-order valence-corrected chi connectivity index (χ1v) is 10.2. The van der Waals surface area contributed by atoms with Crippen molar-refractivity contribution in [2.75, 3.05) is 18.1 Å². The Morgan fingerprint density at radius 2 is 2.25 bits per heavy atom. The number of sulfone groups is 1. The maximum Gasteiger partial charge on any atom is 0.184 e. The maximum absolute atomic E-state index is 11.8. The summed E-state index contributed by atoms with van der Waals surface area (Å²) in [5, 5.41) is 4.59. The SMILES string of the molecule is O=S1(=O)CCC(n2nc(-c3ccoc3)nc2CC[C@H]2CCCO2)C1. The average Bonchev–Trinajstić information content (AvgIpc) is 3.32. The normalized spacial score (nSPS) is 26.2. The van der Waals surface area contributed by atoms with E-state index in [1.165, 1.54) is 0 Å². The fourth-order valence-electron chi connectivity index (χ4n) is 3.46. The van der Waals surface area contributed by atoms with E-state index in [9.17, 15) is 8.42 Å². The molecule has 0 aliphatic carbocycles. The van der Waals surface area contributed by atoms with Crippen LogP contribution < -0.4 is 0 Å². The van der Waals surface area contributed by atoms with Crippen molar-refractivity contribution in [1.82, 2.24) is 14.8 Å². The molecule has 0 aromatic carbocycles. The Morgan fingerprint density at radius 3 is 2.92 bits per heavy atom. The molecule has 2 aromatic rings. The Balaban J connectivity index is 1.59. The number of ether oxygens (including phenoxy) is 1. The van der Waals surface area contributed by atoms with Gasteiger partial charge in [-0.05, 0) is 31.7 Å². The van der Waals surface area contributed by atoms with E-state index >= 15 is 0 Å². The third kappa shape index (κ3) is 3.25. The minimum absolute atomic E-state index is 0.123. The van der Waals surface area contributed by atoms with Gasteiger partial charge >= 0.3 is 0 Å². The highest BCUT2D eigenvalue weighted by Gasteiger charge is 2.32. The highest BCUT2D eigenvalue weighted by molar-refractivity contribution is 7.91. The zero-order chi connectivity index (χ0) is 16.6. The second kappa shape index (κ2) is 6.33. The van der Waals surface area contributed by atoms with Gasteiger partial charge in [0.05, 0.1) is 35.5 Å². The van der Waals surface area contributed by atoms with Crippen LogP contribution in [-0.2, 0) is 21.0 Å². The molecule has 2 aromatic heterocycles. The van der Waals surface area contributed by atoms with Crippen molar-refractivity contribution in [3.05, 3.63) is 24.4 Å². The van der Waals surface area contributed by atoms with Gasteiger partial charge in [0.1, 0.15) is 12.1 Å². The highest BCUT2D eigenvalue weighted by atomic mass is 32.2. The van der Waals surface area contributed by atoms with Crippen LogP contribution in [0.25, 0.3) is 11.4 Å². The summed E-state index contributed by atoms with van der Waals surface area (Å²) in [6.07, 6.45) is 7.90. The number of furan rings is 1. The standard InChI is InChI=1S/C16H21N3O4S/c20-24(21)9-6-13(11-24)19-15(4-3-14-2-1-7-23-14)17-16(18-19)12-5-8-22-10-12/h5,8,10,13-14H,1-4,6-7,9,11H2/t13?,14-/m1/s1. The predicted octanol–water partition coefficient (Wildman–Crippen LogP) is 2.01. The van der Waals surface area contributed by atoms with Gasteiger partial charge in [0.15, 0.2) is 15.7 Å². The fourth-order valence-corrected chi connectivity index (χ4v) is 5.15. The van der Waals surface area contributed by atoms with E-state index in [2.05, 4.69) is 10.1 Å². The molecule has 2 atom stereocenters. The van der Waals surface area contributed by atoms with Crippen LogP contribution in [0.5, 0.6) is 0 Å². The highest BCUT2D eigenvalue weighted by Crippen LogP contribution is 2.27. The van der Waals surface area contributed by atoms with Crippen LogP contribution in [0, 0.1) is 0 Å². The van der Waals surface area contributed by atoms with Crippen LogP contribution in [0.3, 0.4) is 0 Å². The third-order valence-corrected chi connectivity index (χ3v) is 6.50. The van der Waals surface area contributed by atoms with Crippen molar-refractivity contribution in [2.45, 2.75) is 44.2 Å². The molecule has 2 aliphatic rings. The van der Waals surface area contributed by atoms with Gasteiger partial charge in [-0.25, -0.2) is 18.1 Å². The summed E-state index contributed by atoms with van der Waals surface area (Å²) in [6, 6.07) is 1.69. The molecule has 0 N–H and O–H groups in total. The molecule has 2 aliphatic heterocycles. The average molecular weight is 351 g/mol. The minimum Gasteiger partial charge on any atom is -0.472 e. The van der Waals surface area contributed by atoms with E-state index in [1.54, 1.807) is 12.5 Å². The smallest absolute Gasteiger partial charge is 0.184 e. The summed E-state index contributed by atoms with van der Waals surface area (Å²) in [4.78, 5) is 4.65. The largest absolute Gasteiger partial charge is 0.472 e. The van der Waals surface area contributed by atoms with Crippen molar-refractivity contribution < 1.29 is 17.6 Å². The molecular formula is C16H21N3O4S. The van der Waals surface area contributed by atoms with Crippen LogP contribution in [-0.4, -0.2) is 47.4 Å². The molecule has 2 saturated heterocycles. The van der Waals surface area contributed by atoms with Crippen LogP contribution in [0.15, 0.2) is 23.0 Å². The number of aromatic nitrogens is 3. The molecule has 130 valence electrons. The first-order valence-electron chi connectivity index (χ1n) is 8.41. The second-order valence-electron chi connectivity index (χ2n) is 6.54. The Kier molecular flexibility index (Phi) is 4.17. The molecule has 0 amide bonds. The van der Waals surface area contributed by atoms with E-state index in [-0.39, 0.29) is 23.7 Å². The first kappa shape index (κ1) is 15.8. The molecule has 7 nitrogen and oxygen atoms in total. The van der Waals surface area contributed by atoms with Gasteiger partial charge in [0.25, 0.3) is 0 Å². The number of hydrogen-bond donors (Lipinski definition) is 0. The van der Waals surface area contributed by atoms with Crippen LogP contribution in [0.2, 0.25) is 0 Å². The van der Waals surface area contributed by atoms with Crippen molar-refractivity contribution in [1.29, 1.82) is 0 Å². The van der Waals surface area contributed by atoms with Crippen molar-refractivity contribution in [3.63, 3.8) is 0 Å². The molecule has 4 heterocycles. The lowest BCUT2D eigenvalue weighted by molar-refractivity contribution is 0.104. The lowest BCUT2D eigenvalue weighted by Crippen LogP contribution is -2.17. The number of hydrogen-bond acceptors (Lipinski definition) is 6. The van der Waals surface area contributed by atoms with E-state index in [0.29, 0.717) is 12.2 Å². The molecule has 1 unspecified atom stereocenters. The molecule has 2 fully saturated rings. The van der Waals surface area contributed by atoms with Gasteiger partial charge in [-0.1, -0.05) is 0 Å². The topological polar surface area (TPSA) is 87.2 Å². The number of nitrogens with zero attached hydrogens (tertiary/aromatic N) is 3. The maximum atomic E-state index is 11.8. The van der Waals surface area contributed by atoms with E-state index in [4.69, 9.17) is 9.15 Å². The van der Waals surface area contributed by atoms with E-state index in [1.807, 2.05) is 10.7 Å². The lowest BCUT2D eigenvalue weighted by atomic mass is 10.1. The quantitative estimate of drug-likeness (QED) is 0.819. The summed E-state index contributed by atoms with van der Waals surface area (Å²) >= 11 is 0. The number of rotatable bonds is 5. The molecular weight excluding hydrogens is 330 g/mol. The molecule has 24 heavy (non-hydrogen) atoms. The van der Waals surface area contributed by atoms with Gasteiger partial charge in [-0.2, -0.15) is 5.10 Å². The third-order valence-electron chi connectivity index (χ3n) is 4.75. The van der Waals surface area contributed by atoms with E-state index in [0.717, 1.165) is 43.7 Å². The zero-order valence-corrected chi connectivity index (χ0v) is 14.2. The molecule has 0 spiro atoms. The lowest BCUT2D eigenvalue weighted by Gasteiger charge is -2.13. The minimum atomic E-state index is -2.97. The van der Waals surface area contributed by atoms with Gasteiger partial charge in [0.2, 0.25) is 0 Å². The fraction of sp³-hybridized carbons (Fsp3) is 0.625. The second-order valence-corrected chi connectivity index (χ2v) is 8.77. The van der Waals surface area contributed by atoms with Crippen molar-refractivity contribution >= 4 is 9.84 Å². The van der Waals surface area contributed by atoms with Crippen LogP contribution in [0.4, 0.5) is 0 Å². The summed E-state index contributed by atoms with van der Waals surface area (Å²) in [7, 11) is -2.97. The van der Waals surface area contributed by atoms with Crippen molar-refractivity contribution in [2.24, 2.45) is 0 Å². The Labute approximate surface area is 140 Å². The van der Waals surface area contributed by atoms with Gasteiger partial charge in [-0.15, -0.1) is 0 Å². The van der Waals surface area contributed by atoms with Crippen LogP contribution >= 0.6 is 0 Å². The van der Waals surface area contributed by atoms with Gasteiger partial charge in [0, 0.05) is 13.0 Å². The van der Waals surface area contributed by atoms with Gasteiger partial charge < -0.3 is 9.15 Å². The molecule has 0 saturated carbocycles. The van der Waals surface area contributed by atoms with Gasteiger partial charge in [-0.3, -0.25) is 0 Å². The van der Waals surface area contributed by atoms with Crippen molar-refractivity contribution in [3.8, 4) is 11.4 Å². The van der Waals surface area contributed by atoms with E-state index < -0.39 is 9.84 Å². The molecule has 0 bridgehead atoms. The Morgan fingerprint density at radius 1 is 1.33 bits per heavy atom. The summed E-state index contributed by atoms with van der Waals surface area (Å²) < 4.78 is 36.3. The molecule has 4 rings (SSSR count). The monoisotopic (exact) mass is 351 g/mol. The summed E-state index contributed by atoms with van der Waals surface area (Å²) in [5.41, 5.74) is 0.813. The van der Waals surface area contributed by atoms with Crippen LogP contribution in [0.1, 0.15) is 37.5 Å². The number of aryl methyl sites for hydroxylation is 1. The molecule has 8 heteroatoms. The molecule has 0 radical (unpaired) electrons. The summed E-state index contributed by atoms with van der Waals surface area (Å²) in [6.45, 7) is 0.832.